The highest BCUT2D eigenvalue weighted by atomic mass is 16.5. The minimum absolute atomic E-state index is 0.0295. The number of rotatable bonds is 7. The van der Waals surface area contributed by atoms with Gasteiger partial charge in [-0.1, -0.05) is 18.2 Å². The molecule has 0 aromatic heterocycles. The normalized spacial score (nSPS) is 19.2. The van der Waals surface area contributed by atoms with Crippen LogP contribution < -0.4 is 15.0 Å². The number of nitrogens with zero attached hydrogens (tertiary/aromatic N) is 2. The second-order valence-electron chi connectivity index (χ2n) is 8.33. The Hall–Kier alpha value is -3.39. The predicted molar refractivity (Wildman–Crippen MR) is 124 cm³/mol. The highest BCUT2D eigenvalue weighted by Gasteiger charge is 2.44. The molecule has 0 bridgehead atoms. The molecular weight excluding hydrogens is 422 g/mol. The zero-order chi connectivity index (χ0) is 23.5. The molecule has 2 atom stereocenters. The van der Waals surface area contributed by atoms with Crippen molar-refractivity contribution in [3.63, 3.8) is 0 Å². The van der Waals surface area contributed by atoms with E-state index in [0.29, 0.717) is 43.1 Å². The fourth-order valence-electron chi connectivity index (χ4n) is 4.82. The van der Waals surface area contributed by atoms with Crippen LogP contribution in [0.4, 0.5) is 5.69 Å². The maximum atomic E-state index is 13.5. The average Bonchev–Trinajstić information content (AvgIpc) is 2.84. The quantitative estimate of drug-likeness (QED) is 0.696. The first-order valence-corrected chi connectivity index (χ1v) is 11.1. The Kier molecular flexibility index (Phi) is 6.65. The number of amides is 3. The van der Waals surface area contributed by atoms with E-state index in [-0.39, 0.29) is 30.1 Å². The third-order valence-corrected chi connectivity index (χ3v) is 6.43. The summed E-state index contributed by atoms with van der Waals surface area (Å²) in [6, 6.07) is 12.1. The first kappa shape index (κ1) is 22.8. The second kappa shape index (κ2) is 9.62. The van der Waals surface area contributed by atoms with Gasteiger partial charge in [-0.2, -0.15) is 0 Å². The molecule has 0 spiro atoms. The van der Waals surface area contributed by atoms with Crippen LogP contribution in [0.15, 0.2) is 42.5 Å². The Labute approximate surface area is 193 Å². The van der Waals surface area contributed by atoms with Gasteiger partial charge in [0.15, 0.2) is 0 Å². The van der Waals surface area contributed by atoms with E-state index in [1.807, 2.05) is 30.3 Å². The number of hydrogen-bond donors (Lipinski definition) is 1. The predicted octanol–water partition coefficient (Wildman–Crippen LogP) is 1.97. The fraction of sp³-hybridized carbons (Fsp3) is 0.400. The molecule has 174 valence electrons. The second-order valence-corrected chi connectivity index (χ2v) is 8.33. The maximum Gasteiger partial charge on any atom is 0.254 e. The number of likely N-dealkylation sites (N-methyl/N-ethyl adjacent to an activating group) is 1. The topological polar surface area (TPSA) is 88.2 Å². The van der Waals surface area contributed by atoms with Gasteiger partial charge in [0, 0.05) is 44.4 Å². The van der Waals surface area contributed by atoms with Crippen molar-refractivity contribution in [2.24, 2.45) is 0 Å². The molecule has 2 aliphatic rings. The zero-order valence-electron chi connectivity index (χ0n) is 19.2. The van der Waals surface area contributed by atoms with Gasteiger partial charge in [-0.3, -0.25) is 19.3 Å². The molecule has 0 aliphatic carbocycles. The third-order valence-electron chi connectivity index (χ3n) is 6.43. The average molecular weight is 452 g/mol. The van der Waals surface area contributed by atoms with Crippen LogP contribution in [0.1, 0.15) is 33.8 Å². The summed E-state index contributed by atoms with van der Waals surface area (Å²) in [5.41, 5.74) is 2.93. The van der Waals surface area contributed by atoms with Crippen molar-refractivity contribution in [1.29, 1.82) is 0 Å². The van der Waals surface area contributed by atoms with Crippen molar-refractivity contribution in [3.8, 4) is 5.75 Å². The van der Waals surface area contributed by atoms with Crippen LogP contribution in [0.25, 0.3) is 0 Å². The van der Waals surface area contributed by atoms with Crippen molar-refractivity contribution in [2.45, 2.75) is 24.8 Å². The molecule has 0 unspecified atom stereocenters. The minimum atomic E-state index is -0.647. The number of benzene rings is 2. The van der Waals surface area contributed by atoms with Gasteiger partial charge in [-0.05, 0) is 41.8 Å². The van der Waals surface area contributed by atoms with Crippen LogP contribution in [0.2, 0.25) is 0 Å². The van der Waals surface area contributed by atoms with E-state index < -0.39 is 6.04 Å². The first-order chi connectivity index (χ1) is 16.0. The molecule has 3 amide bonds. The van der Waals surface area contributed by atoms with Crippen molar-refractivity contribution < 1.29 is 23.9 Å². The molecule has 8 heteroatoms. The van der Waals surface area contributed by atoms with Gasteiger partial charge in [-0.25, -0.2) is 0 Å². The highest BCUT2D eigenvalue weighted by molar-refractivity contribution is 6.06. The molecule has 2 heterocycles. The van der Waals surface area contributed by atoms with Crippen molar-refractivity contribution in [3.05, 3.63) is 59.2 Å². The Bertz CT molecular complexity index is 1050. The van der Waals surface area contributed by atoms with Crippen molar-refractivity contribution in [2.75, 3.05) is 45.9 Å². The lowest BCUT2D eigenvalue weighted by molar-refractivity contribution is -0.126. The minimum Gasteiger partial charge on any atom is -0.497 e. The van der Waals surface area contributed by atoms with E-state index in [9.17, 15) is 14.4 Å². The van der Waals surface area contributed by atoms with E-state index in [1.165, 1.54) is 0 Å². The SMILES string of the molecule is CNC(=O)[C@@H]1C[C@H]2CN(CCOC)C(=O)c3cccc(c32)N1C(=O)Cc1ccc(OC)cc1. The van der Waals surface area contributed by atoms with Crippen LogP contribution in [0.5, 0.6) is 5.75 Å². The van der Waals surface area contributed by atoms with Gasteiger partial charge in [0.05, 0.1) is 20.1 Å². The van der Waals surface area contributed by atoms with Gasteiger partial charge < -0.3 is 19.7 Å². The van der Waals surface area contributed by atoms with Gasteiger partial charge in [-0.15, -0.1) is 0 Å². The number of hydrogen-bond acceptors (Lipinski definition) is 5. The maximum absolute atomic E-state index is 13.5. The van der Waals surface area contributed by atoms with Gasteiger partial charge in [0.25, 0.3) is 5.91 Å². The molecule has 8 nitrogen and oxygen atoms in total. The van der Waals surface area contributed by atoms with E-state index in [1.54, 1.807) is 43.2 Å². The summed E-state index contributed by atoms with van der Waals surface area (Å²) in [7, 11) is 4.78. The van der Waals surface area contributed by atoms with Crippen molar-refractivity contribution >= 4 is 23.4 Å². The summed E-state index contributed by atoms with van der Waals surface area (Å²) in [5, 5.41) is 2.71. The van der Waals surface area contributed by atoms with Crippen LogP contribution in [-0.4, -0.2) is 69.6 Å². The third kappa shape index (κ3) is 4.30. The number of anilines is 1. The van der Waals surface area contributed by atoms with Crippen LogP contribution in [0.3, 0.4) is 0 Å². The number of methoxy groups -OCH3 is 2. The number of carbonyl (C=O) groups excluding carboxylic acids is 3. The Morgan fingerprint density at radius 3 is 2.55 bits per heavy atom. The molecule has 0 saturated heterocycles. The summed E-state index contributed by atoms with van der Waals surface area (Å²) in [6.45, 7) is 1.43. The largest absolute Gasteiger partial charge is 0.497 e. The number of nitrogens with one attached hydrogen (secondary N) is 1. The molecule has 2 aromatic carbocycles. The number of carbonyl (C=O) groups is 3. The van der Waals surface area contributed by atoms with Gasteiger partial charge >= 0.3 is 0 Å². The van der Waals surface area contributed by atoms with E-state index in [2.05, 4.69) is 5.32 Å². The molecular formula is C25H29N3O5. The Morgan fingerprint density at radius 2 is 1.88 bits per heavy atom. The molecule has 0 radical (unpaired) electrons. The first-order valence-electron chi connectivity index (χ1n) is 11.1. The van der Waals surface area contributed by atoms with E-state index >= 15 is 0 Å². The Balaban J connectivity index is 1.71. The summed E-state index contributed by atoms with van der Waals surface area (Å²) in [5.74, 6) is 0.215. The van der Waals surface area contributed by atoms with Crippen LogP contribution in [0, 0.1) is 0 Å². The lowest BCUT2D eigenvalue weighted by Gasteiger charge is -2.44. The lowest BCUT2D eigenvalue weighted by Crippen LogP contribution is -2.55. The summed E-state index contributed by atoms with van der Waals surface area (Å²) < 4.78 is 10.4. The molecule has 0 saturated carbocycles. The fourth-order valence-corrected chi connectivity index (χ4v) is 4.82. The molecule has 1 N–H and O–H groups in total. The van der Waals surface area contributed by atoms with Crippen LogP contribution >= 0.6 is 0 Å². The Morgan fingerprint density at radius 1 is 1.12 bits per heavy atom. The lowest BCUT2D eigenvalue weighted by atomic mass is 9.79. The molecule has 0 fully saturated rings. The van der Waals surface area contributed by atoms with Crippen molar-refractivity contribution in [1.82, 2.24) is 10.2 Å². The van der Waals surface area contributed by atoms with Gasteiger partial charge in [0.2, 0.25) is 11.8 Å². The smallest absolute Gasteiger partial charge is 0.254 e. The molecule has 2 aromatic rings. The van der Waals surface area contributed by atoms with E-state index in [4.69, 9.17) is 9.47 Å². The highest BCUT2D eigenvalue weighted by Crippen LogP contribution is 2.44. The zero-order valence-corrected chi connectivity index (χ0v) is 19.2. The summed E-state index contributed by atoms with van der Waals surface area (Å²) >= 11 is 0. The standard InChI is InChI=1S/C25H29N3O5/c1-26-24(30)21-14-17-15-27(11-12-32-2)25(31)19-5-4-6-20(23(17)19)28(21)22(29)13-16-7-9-18(33-3)10-8-16/h4-10,17,21H,11-15H2,1-3H3,(H,26,30)/t17-,21-/m0/s1. The summed E-state index contributed by atoms with van der Waals surface area (Å²) in [6.07, 6.45) is 0.592. The van der Waals surface area contributed by atoms with Gasteiger partial charge in [0.1, 0.15) is 11.8 Å². The van der Waals surface area contributed by atoms with E-state index in [0.717, 1.165) is 11.1 Å². The summed E-state index contributed by atoms with van der Waals surface area (Å²) in [4.78, 5) is 42.9. The molecule has 2 aliphatic heterocycles. The monoisotopic (exact) mass is 451 g/mol. The van der Waals surface area contributed by atoms with Crippen LogP contribution in [-0.2, 0) is 20.7 Å². The number of ether oxygens (including phenoxy) is 2. The molecule has 33 heavy (non-hydrogen) atoms. The molecule has 4 rings (SSSR count).